The van der Waals surface area contributed by atoms with E-state index in [-0.39, 0.29) is 11.6 Å². The summed E-state index contributed by atoms with van der Waals surface area (Å²) in [4.78, 5) is 1.97. The molecule has 0 amide bonds. The second-order valence-electron chi connectivity index (χ2n) is 7.86. The number of sulfonamides is 1. The Morgan fingerprint density at radius 1 is 1.13 bits per heavy atom. The Morgan fingerprint density at radius 2 is 1.90 bits per heavy atom. The summed E-state index contributed by atoms with van der Waals surface area (Å²) in [5, 5.41) is 13.0. The molecule has 3 heterocycles. The maximum atomic E-state index is 13.9. The smallest absolute Gasteiger partial charge is 0.218 e. The van der Waals surface area contributed by atoms with Crippen LogP contribution in [0.1, 0.15) is 30.1 Å². The van der Waals surface area contributed by atoms with Crippen molar-refractivity contribution in [3.05, 3.63) is 53.4 Å². The third kappa shape index (κ3) is 3.41. The molecule has 0 N–H and O–H groups in total. The molecule has 30 heavy (non-hydrogen) atoms. The van der Waals surface area contributed by atoms with Gasteiger partial charge in [0.05, 0.1) is 11.8 Å². The highest BCUT2D eigenvalue weighted by Crippen LogP contribution is 2.39. The van der Waals surface area contributed by atoms with Crippen molar-refractivity contribution in [2.75, 3.05) is 25.0 Å². The molecule has 0 radical (unpaired) electrons. The second kappa shape index (κ2) is 6.95. The zero-order valence-corrected chi connectivity index (χ0v) is 17.1. The Kier molecular flexibility index (Phi) is 4.47. The van der Waals surface area contributed by atoms with Gasteiger partial charge >= 0.3 is 0 Å². The summed E-state index contributed by atoms with van der Waals surface area (Å²) >= 11 is 0. The maximum Gasteiger partial charge on any atom is 0.218 e. The van der Waals surface area contributed by atoms with E-state index in [1.807, 2.05) is 17.0 Å². The number of benzene rings is 1. The van der Waals surface area contributed by atoms with Crippen LogP contribution in [-0.2, 0) is 15.8 Å². The van der Waals surface area contributed by atoms with Crippen molar-refractivity contribution >= 4 is 21.5 Å². The predicted octanol–water partition coefficient (Wildman–Crippen LogP) is 1.93. The van der Waals surface area contributed by atoms with E-state index in [0.717, 1.165) is 42.7 Å². The van der Waals surface area contributed by atoms with Crippen LogP contribution in [0.3, 0.4) is 0 Å². The standard InChI is InChI=1S/C19H20F2N6O2S/c1-25(30(28,29)11-13-8-14(20)4-5-16(13)21)15-9-26(10-15)18-7-6-17-22-23-19(12-2-3-12)27(17)24-18/h4-8,12,15H,2-3,9-11H2,1H3. The molecular weight excluding hydrogens is 414 g/mol. The Labute approximate surface area is 172 Å². The van der Waals surface area contributed by atoms with Crippen LogP contribution in [0, 0.1) is 11.6 Å². The fraction of sp³-hybridized carbons (Fsp3) is 0.421. The molecule has 0 bridgehead atoms. The quantitative estimate of drug-likeness (QED) is 0.590. The number of aromatic nitrogens is 4. The lowest BCUT2D eigenvalue weighted by molar-refractivity contribution is 0.308. The average molecular weight is 434 g/mol. The summed E-state index contributed by atoms with van der Waals surface area (Å²) in [6.45, 7) is 0.918. The third-order valence-electron chi connectivity index (χ3n) is 5.70. The first-order valence-corrected chi connectivity index (χ1v) is 11.3. The molecule has 11 heteroatoms. The molecule has 3 aromatic rings. The Hall–Kier alpha value is -2.66. The fourth-order valence-electron chi connectivity index (χ4n) is 3.61. The van der Waals surface area contributed by atoms with Crippen molar-refractivity contribution in [3.63, 3.8) is 0 Å². The van der Waals surface area contributed by atoms with E-state index in [1.54, 1.807) is 4.52 Å². The van der Waals surface area contributed by atoms with Gasteiger partial charge in [0.1, 0.15) is 17.5 Å². The minimum atomic E-state index is -3.80. The van der Waals surface area contributed by atoms with Crippen molar-refractivity contribution in [2.45, 2.75) is 30.6 Å². The van der Waals surface area contributed by atoms with Gasteiger partial charge in [0.15, 0.2) is 11.5 Å². The summed E-state index contributed by atoms with van der Waals surface area (Å²) in [7, 11) is -2.33. The van der Waals surface area contributed by atoms with Gasteiger partial charge in [-0.25, -0.2) is 17.2 Å². The third-order valence-corrected chi connectivity index (χ3v) is 7.55. The van der Waals surface area contributed by atoms with Gasteiger partial charge in [-0.3, -0.25) is 0 Å². The van der Waals surface area contributed by atoms with Crippen LogP contribution in [0.2, 0.25) is 0 Å². The van der Waals surface area contributed by atoms with Gasteiger partial charge in [0, 0.05) is 31.6 Å². The van der Waals surface area contributed by atoms with Crippen LogP contribution in [0.5, 0.6) is 0 Å². The summed E-state index contributed by atoms with van der Waals surface area (Å²) in [6, 6.07) is 6.24. The number of rotatable bonds is 6. The Balaban J connectivity index is 1.28. The highest BCUT2D eigenvalue weighted by molar-refractivity contribution is 7.88. The van der Waals surface area contributed by atoms with Crippen molar-refractivity contribution in [3.8, 4) is 0 Å². The van der Waals surface area contributed by atoms with Gasteiger partial charge < -0.3 is 4.90 Å². The zero-order chi connectivity index (χ0) is 21.0. The lowest BCUT2D eigenvalue weighted by Gasteiger charge is -2.43. The average Bonchev–Trinajstić information content (AvgIpc) is 3.42. The Morgan fingerprint density at radius 3 is 2.63 bits per heavy atom. The molecule has 1 saturated carbocycles. The van der Waals surface area contributed by atoms with E-state index in [4.69, 9.17) is 0 Å². The summed E-state index contributed by atoms with van der Waals surface area (Å²) in [5.41, 5.74) is 0.514. The number of nitrogens with zero attached hydrogens (tertiary/aromatic N) is 6. The molecule has 2 aromatic heterocycles. The molecule has 2 fully saturated rings. The van der Waals surface area contributed by atoms with Gasteiger partial charge in [-0.2, -0.15) is 8.82 Å². The van der Waals surface area contributed by atoms with Crippen LogP contribution in [0.25, 0.3) is 5.65 Å². The first-order valence-electron chi connectivity index (χ1n) is 9.69. The van der Waals surface area contributed by atoms with Crippen LogP contribution in [-0.4, -0.2) is 58.7 Å². The molecule has 5 rings (SSSR count). The lowest BCUT2D eigenvalue weighted by Crippen LogP contribution is -2.60. The number of halogens is 2. The van der Waals surface area contributed by atoms with Gasteiger partial charge in [0.2, 0.25) is 10.0 Å². The largest absolute Gasteiger partial charge is 0.352 e. The molecule has 158 valence electrons. The predicted molar refractivity (Wildman–Crippen MR) is 106 cm³/mol. The molecule has 0 atom stereocenters. The van der Waals surface area contributed by atoms with Crippen molar-refractivity contribution in [1.82, 2.24) is 24.1 Å². The summed E-state index contributed by atoms with van der Waals surface area (Å²) < 4.78 is 55.6. The van der Waals surface area contributed by atoms with E-state index in [1.165, 1.54) is 11.4 Å². The van der Waals surface area contributed by atoms with Crippen molar-refractivity contribution < 1.29 is 17.2 Å². The fourth-order valence-corrected chi connectivity index (χ4v) is 5.02. The van der Waals surface area contributed by atoms with E-state index in [0.29, 0.717) is 24.7 Å². The molecule has 8 nitrogen and oxygen atoms in total. The maximum absolute atomic E-state index is 13.9. The lowest BCUT2D eigenvalue weighted by atomic mass is 10.1. The molecule has 1 saturated heterocycles. The molecule has 0 unspecified atom stereocenters. The van der Waals surface area contributed by atoms with Gasteiger partial charge in [0.25, 0.3) is 0 Å². The number of fused-ring (bicyclic) bond motifs is 1. The van der Waals surface area contributed by atoms with Crippen molar-refractivity contribution in [2.24, 2.45) is 0 Å². The molecule has 1 aliphatic heterocycles. The van der Waals surface area contributed by atoms with Gasteiger partial charge in [-0.15, -0.1) is 15.3 Å². The zero-order valence-electron chi connectivity index (χ0n) is 16.2. The highest BCUT2D eigenvalue weighted by atomic mass is 32.2. The monoisotopic (exact) mass is 434 g/mol. The van der Waals surface area contributed by atoms with E-state index in [2.05, 4.69) is 15.3 Å². The van der Waals surface area contributed by atoms with Gasteiger partial charge in [-0.1, -0.05) is 0 Å². The van der Waals surface area contributed by atoms with Crippen LogP contribution < -0.4 is 4.90 Å². The topological polar surface area (TPSA) is 83.7 Å². The van der Waals surface area contributed by atoms with Gasteiger partial charge in [-0.05, 0) is 43.2 Å². The molecule has 1 aromatic carbocycles. The Bertz CT molecular complexity index is 1220. The molecule has 1 aliphatic carbocycles. The van der Waals surface area contributed by atoms with Crippen LogP contribution in [0.15, 0.2) is 30.3 Å². The second-order valence-corrected chi connectivity index (χ2v) is 9.89. The summed E-state index contributed by atoms with van der Waals surface area (Å²) in [5.74, 6) is 0.00960. The number of anilines is 1. The first-order chi connectivity index (χ1) is 14.3. The SMILES string of the molecule is CN(C1CN(c2ccc3nnc(C4CC4)n3n2)C1)S(=O)(=O)Cc1cc(F)ccc1F. The molecular formula is C19H20F2N6O2S. The number of likely N-dealkylation sites (N-methyl/N-ethyl adjacent to an activating group) is 1. The molecule has 2 aliphatic rings. The number of hydrogen-bond donors (Lipinski definition) is 0. The van der Waals surface area contributed by atoms with E-state index >= 15 is 0 Å². The van der Waals surface area contributed by atoms with Crippen LogP contribution in [0.4, 0.5) is 14.6 Å². The summed E-state index contributed by atoms with van der Waals surface area (Å²) in [6.07, 6.45) is 2.18. The normalized spacial score (nSPS) is 17.7. The van der Waals surface area contributed by atoms with E-state index in [9.17, 15) is 17.2 Å². The minimum absolute atomic E-state index is 0.176. The minimum Gasteiger partial charge on any atom is -0.352 e. The van der Waals surface area contributed by atoms with E-state index < -0.39 is 27.4 Å². The highest BCUT2D eigenvalue weighted by Gasteiger charge is 2.37. The van der Waals surface area contributed by atoms with Crippen LogP contribution >= 0.6 is 0 Å². The molecule has 0 spiro atoms. The van der Waals surface area contributed by atoms with Crippen molar-refractivity contribution in [1.29, 1.82) is 0 Å². The number of hydrogen-bond acceptors (Lipinski definition) is 6. The first kappa shape index (κ1) is 19.3.